The minimum atomic E-state index is -4.45. The van der Waals surface area contributed by atoms with Crippen molar-refractivity contribution in [3.63, 3.8) is 0 Å². The van der Waals surface area contributed by atoms with Crippen LogP contribution in [0.4, 0.5) is 18.9 Å². The van der Waals surface area contributed by atoms with E-state index in [1.54, 1.807) is 36.5 Å². The maximum absolute atomic E-state index is 15.5. The van der Waals surface area contributed by atoms with Crippen molar-refractivity contribution in [2.75, 3.05) is 4.72 Å². The van der Waals surface area contributed by atoms with E-state index in [1.165, 1.54) is 12.3 Å². The maximum Gasteiger partial charge on any atom is 0.262 e. The Morgan fingerprint density at radius 3 is 2.41 bits per heavy atom. The molecule has 0 aliphatic heterocycles. The van der Waals surface area contributed by atoms with Gasteiger partial charge in [-0.25, -0.2) is 26.6 Å². The molecule has 0 saturated heterocycles. The highest BCUT2D eigenvalue weighted by Gasteiger charge is 2.26. The molecule has 0 spiro atoms. The second kappa shape index (κ2) is 9.98. The van der Waals surface area contributed by atoms with E-state index >= 15 is 4.39 Å². The monoisotopic (exact) mass is 575 g/mol. The van der Waals surface area contributed by atoms with Gasteiger partial charge in [0.15, 0.2) is 5.82 Å². The highest BCUT2D eigenvalue weighted by molar-refractivity contribution is 7.92. The Balaban J connectivity index is 1.35. The first-order valence-corrected chi connectivity index (χ1v) is 13.3. The fourth-order valence-corrected chi connectivity index (χ4v) is 5.35. The van der Waals surface area contributed by atoms with Crippen molar-refractivity contribution in [1.29, 1.82) is 0 Å². The number of aromatic amines is 2. The van der Waals surface area contributed by atoms with Gasteiger partial charge in [-0.05, 0) is 47.2 Å². The number of anilines is 1. The molecule has 41 heavy (non-hydrogen) atoms. The third-order valence-corrected chi connectivity index (χ3v) is 7.63. The molecule has 6 rings (SSSR count). The summed E-state index contributed by atoms with van der Waals surface area (Å²) in [6.07, 6.45) is 2.84. The number of hydrogen-bond donors (Lipinski definition) is 3. The molecular weight excluding hydrogens is 559 g/mol. The van der Waals surface area contributed by atoms with Crippen LogP contribution in [0.5, 0.6) is 0 Å². The molecule has 3 heterocycles. The van der Waals surface area contributed by atoms with Crippen molar-refractivity contribution >= 4 is 32.5 Å². The molecule has 0 radical (unpaired) electrons. The lowest BCUT2D eigenvalue weighted by atomic mass is 9.99. The molecule has 6 aromatic rings. The van der Waals surface area contributed by atoms with Gasteiger partial charge in [0.1, 0.15) is 17.3 Å². The number of carbonyl (C=O) groups excluding carboxylic acids is 1. The molecule has 0 amide bonds. The molecule has 0 aliphatic carbocycles. The van der Waals surface area contributed by atoms with Crippen LogP contribution in [0.15, 0.2) is 84.0 Å². The lowest BCUT2D eigenvalue weighted by Gasteiger charge is -2.12. The number of benzene rings is 3. The quantitative estimate of drug-likeness (QED) is 0.231. The van der Waals surface area contributed by atoms with Crippen LogP contribution in [0, 0.1) is 17.5 Å². The first-order chi connectivity index (χ1) is 19.7. The van der Waals surface area contributed by atoms with Gasteiger partial charge in [0.05, 0.1) is 16.1 Å². The van der Waals surface area contributed by atoms with E-state index in [0.29, 0.717) is 28.0 Å². The fraction of sp³-hybridized carbons (Fsp3) is 0. The van der Waals surface area contributed by atoms with Gasteiger partial charge < -0.3 is 4.98 Å². The van der Waals surface area contributed by atoms with Gasteiger partial charge in [-0.15, -0.1) is 10.2 Å². The Morgan fingerprint density at radius 1 is 0.902 bits per heavy atom. The Hall–Kier alpha value is -5.37. The molecule has 0 fully saturated rings. The van der Waals surface area contributed by atoms with Crippen LogP contribution in [0.2, 0.25) is 0 Å². The van der Waals surface area contributed by atoms with Crippen molar-refractivity contribution in [1.82, 2.24) is 30.6 Å². The second-order valence-electron chi connectivity index (χ2n) is 8.81. The van der Waals surface area contributed by atoms with Gasteiger partial charge in [-0.2, -0.15) is 5.21 Å². The first-order valence-electron chi connectivity index (χ1n) is 11.8. The van der Waals surface area contributed by atoms with Crippen LogP contribution in [-0.2, 0) is 10.0 Å². The van der Waals surface area contributed by atoms with E-state index in [9.17, 15) is 22.0 Å². The van der Waals surface area contributed by atoms with Gasteiger partial charge in [0, 0.05) is 34.5 Å². The fourth-order valence-electron chi connectivity index (χ4n) is 4.26. The van der Waals surface area contributed by atoms with Gasteiger partial charge >= 0.3 is 0 Å². The van der Waals surface area contributed by atoms with Gasteiger partial charge in [0.2, 0.25) is 11.6 Å². The van der Waals surface area contributed by atoms with Gasteiger partial charge in [0.25, 0.3) is 10.0 Å². The molecular formula is C27H16F3N7O3S. The Bertz CT molecular complexity index is 2050. The maximum atomic E-state index is 15.5. The van der Waals surface area contributed by atoms with Crippen LogP contribution in [-0.4, -0.2) is 44.8 Å². The topological polar surface area (TPSA) is 146 Å². The van der Waals surface area contributed by atoms with Crippen LogP contribution in [0.25, 0.3) is 33.5 Å². The molecule has 0 atom stereocenters. The lowest BCUT2D eigenvalue weighted by molar-refractivity contribution is 0.103. The van der Waals surface area contributed by atoms with E-state index in [4.69, 9.17) is 0 Å². The third kappa shape index (κ3) is 4.80. The summed E-state index contributed by atoms with van der Waals surface area (Å²) in [4.78, 5) is 20.1. The molecule has 0 unspecified atom stereocenters. The van der Waals surface area contributed by atoms with E-state index in [2.05, 4.69) is 30.6 Å². The van der Waals surface area contributed by atoms with Crippen LogP contribution in [0.3, 0.4) is 0 Å². The number of aromatic nitrogens is 6. The van der Waals surface area contributed by atoms with Gasteiger partial charge in [-0.3, -0.25) is 9.52 Å². The third-order valence-electron chi connectivity index (χ3n) is 6.27. The summed E-state index contributed by atoms with van der Waals surface area (Å²) < 4.78 is 71.2. The number of tetrazole rings is 1. The van der Waals surface area contributed by atoms with E-state index in [-0.39, 0.29) is 5.56 Å². The van der Waals surface area contributed by atoms with Crippen LogP contribution in [0.1, 0.15) is 15.9 Å². The van der Waals surface area contributed by atoms with E-state index < -0.39 is 49.4 Å². The molecule has 0 saturated carbocycles. The average Bonchev–Trinajstić information content (AvgIpc) is 3.65. The van der Waals surface area contributed by atoms with Crippen molar-refractivity contribution in [2.45, 2.75) is 4.90 Å². The summed E-state index contributed by atoms with van der Waals surface area (Å²) in [5, 5.41) is 14.0. The molecule has 3 aromatic heterocycles. The number of nitrogens with one attached hydrogen (secondary N) is 3. The number of hydrogen-bond acceptors (Lipinski definition) is 7. The number of sulfonamides is 1. The number of ketones is 1. The number of carbonyl (C=O) groups is 1. The molecule has 10 nitrogen and oxygen atoms in total. The summed E-state index contributed by atoms with van der Waals surface area (Å²) >= 11 is 0. The van der Waals surface area contributed by atoms with Crippen molar-refractivity contribution in [3.05, 3.63) is 108 Å². The second-order valence-corrected chi connectivity index (χ2v) is 10.5. The number of halogens is 3. The summed E-state index contributed by atoms with van der Waals surface area (Å²) in [5.41, 5.74) is 0.623. The Morgan fingerprint density at radius 2 is 1.68 bits per heavy atom. The Labute approximate surface area is 229 Å². The first kappa shape index (κ1) is 25.9. The smallest absolute Gasteiger partial charge is 0.262 e. The highest BCUT2D eigenvalue weighted by atomic mass is 32.2. The zero-order valence-electron chi connectivity index (χ0n) is 20.6. The SMILES string of the molecule is O=C(c1c(F)ccc(NS(=O)(=O)c2cccc(F)c2)c1F)c1c[nH]c2ncc(-c3ccc(-c4nn[nH]n4)cc3)cc12. The number of pyridine rings is 1. The predicted octanol–water partition coefficient (Wildman–Crippen LogP) is 4.86. The largest absolute Gasteiger partial charge is 0.345 e. The minimum absolute atomic E-state index is 0.0827. The van der Waals surface area contributed by atoms with Crippen molar-refractivity contribution in [2.24, 2.45) is 0 Å². The normalized spacial score (nSPS) is 11.6. The molecule has 0 aliphatic rings. The zero-order valence-corrected chi connectivity index (χ0v) is 21.4. The number of rotatable bonds is 7. The summed E-state index contributed by atoms with van der Waals surface area (Å²) in [5.74, 6) is -4.07. The van der Waals surface area contributed by atoms with Crippen molar-refractivity contribution in [3.8, 4) is 22.5 Å². The lowest BCUT2D eigenvalue weighted by Crippen LogP contribution is -2.16. The summed E-state index contributed by atoms with van der Waals surface area (Å²) in [7, 11) is -4.45. The van der Waals surface area contributed by atoms with E-state index in [1.807, 2.05) is 4.72 Å². The average molecular weight is 576 g/mol. The zero-order chi connectivity index (χ0) is 28.7. The molecule has 3 N–H and O–H groups in total. The minimum Gasteiger partial charge on any atom is -0.345 e. The number of nitrogens with zero attached hydrogens (tertiary/aromatic N) is 4. The molecule has 0 bridgehead atoms. The van der Waals surface area contributed by atoms with E-state index in [0.717, 1.165) is 35.9 Å². The number of H-pyrrole nitrogens is 2. The van der Waals surface area contributed by atoms with Crippen LogP contribution >= 0.6 is 0 Å². The molecule has 14 heteroatoms. The van der Waals surface area contributed by atoms with Crippen molar-refractivity contribution < 1.29 is 26.4 Å². The van der Waals surface area contributed by atoms with Gasteiger partial charge in [-0.1, -0.05) is 30.3 Å². The summed E-state index contributed by atoms with van der Waals surface area (Å²) in [6, 6.07) is 14.4. The van der Waals surface area contributed by atoms with Crippen LogP contribution < -0.4 is 4.72 Å². The Kier molecular flexibility index (Phi) is 6.30. The summed E-state index contributed by atoms with van der Waals surface area (Å²) in [6.45, 7) is 0. The number of fused-ring (bicyclic) bond motifs is 1. The highest BCUT2D eigenvalue weighted by Crippen LogP contribution is 2.31. The standard InChI is InChI=1S/C27H16F3N7O3S/c28-17-2-1-3-18(11-17)41(39,40)35-22-9-8-21(29)23(24(22)30)25(38)20-13-32-27-19(20)10-16(12-31-27)14-4-6-15(7-5-14)26-33-36-37-34-26/h1-13,35H,(H,31,32)(H,33,34,36,37). The predicted molar refractivity (Wildman–Crippen MR) is 142 cm³/mol. The molecule has 204 valence electrons. The molecule has 3 aromatic carbocycles.